The van der Waals surface area contributed by atoms with E-state index in [-0.39, 0.29) is 17.9 Å². The number of benzene rings is 1. The minimum atomic E-state index is -0.231. The lowest BCUT2D eigenvalue weighted by atomic mass is 10.1. The molecule has 1 aromatic heterocycles. The summed E-state index contributed by atoms with van der Waals surface area (Å²) in [5.41, 5.74) is 1.51. The quantitative estimate of drug-likeness (QED) is 0.921. The molecular formula is C18H19N3O2. The zero-order valence-corrected chi connectivity index (χ0v) is 12.8. The molecule has 2 heterocycles. The first-order valence-corrected chi connectivity index (χ1v) is 7.77. The number of pyridine rings is 1. The molecular weight excluding hydrogens is 290 g/mol. The van der Waals surface area contributed by atoms with Gasteiger partial charge in [0.25, 0.3) is 5.91 Å². The van der Waals surface area contributed by atoms with Crippen LogP contribution in [0.3, 0.4) is 0 Å². The molecule has 1 saturated heterocycles. The number of carbonyl (C=O) groups is 2. The van der Waals surface area contributed by atoms with E-state index in [2.05, 4.69) is 10.3 Å². The van der Waals surface area contributed by atoms with Crippen molar-refractivity contribution in [2.24, 2.45) is 0 Å². The molecule has 1 fully saturated rings. The standard InChI is InChI=1S/C18H19N3O2/c22-17-9-5-11-21(17)13-16(14-6-2-1-3-7-14)20-18(23)15-8-4-10-19-12-15/h1-4,6-8,10,12,16H,5,9,11,13H2,(H,20,23)/t16-/m0/s1. The first-order chi connectivity index (χ1) is 11.2. The van der Waals surface area contributed by atoms with Crippen LogP contribution in [0.2, 0.25) is 0 Å². The van der Waals surface area contributed by atoms with Gasteiger partial charge in [0.05, 0.1) is 11.6 Å². The number of nitrogens with one attached hydrogen (secondary N) is 1. The number of rotatable bonds is 5. The number of nitrogens with zero attached hydrogens (tertiary/aromatic N) is 2. The number of aromatic nitrogens is 1. The van der Waals surface area contributed by atoms with Gasteiger partial charge in [-0.25, -0.2) is 0 Å². The molecule has 118 valence electrons. The molecule has 1 aliphatic heterocycles. The van der Waals surface area contributed by atoms with Crippen LogP contribution >= 0.6 is 0 Å². The topological polar surface area (TPSA) is 62.3 Å². The molecule has 1 atom stereocenters. The summed E-state index contributed by atoms with van der Waals surface area (Å²) in [6.07, 6.45) is 4.65. The minimum absolute atomic E-state index is 0.154. The Balaban J connectivity index is 1.78. The van der Waals surface area contributed by atoms with Gasteiger partial charge in [-0.05, 0) is 24.1 Å². The van der Waals surface area contributed by atoms with Crippen LogP contribution in [0.1, 0.15) is 34.8 Å². The van der Waals surface area contributed by atoms with Crippen LogP contribution in [0.4, 0.5) is 0 Å². The van der Waals surface area contributed by atoms with Crippen molar-refractivity contribution in [1.82, 2.24) is 15.2 Å². The van der Waals surface area contributed by atoms with Crippen molar-refractivity contribution in [2.75, 3.05) is 13.1 Å². The van der Waals surface area contributed by atoms with Crippen molar-refractivity contribution in [3.05, 3.63) is 66.0 Å². The number of amides is 2. The van der Waals surface area contributed by atoms with E-state index in [1.807, 2.05) is 35.2 Å². The van der Waals surface area contributed by atoms with Crippen molar-refractivity contribution < 1.29 is 9.59 Å². The minimum Gasteiger partial charge on any atom is -0.343 e. The molecule has 3 rings (SSSR count). The predicted molar refractivity (Wildman–Crippen MR) is 86.7 cm³/mol. The molecule has 1 N–H and O–H groups in total. The van der Waals surface area contributed by atoms with E-state index in [1.54, 1.807) is 24.5 Å². The van der Waals surface area contributed by atoms with E-state index in [4.69, 9.17) is 0 Å². The van der Waals surface area contributed by atoms with Crippen LogP contribution < -0.4 is 5.32 Å². The van der Waals surface area contributed by atoms with Crippen molar-refractivity contribution in [1.29, 1.82) is 0 Å². The largest absolute Gasteiger partial charge is 0.343 e. The molecule has 2 aromatic rings. The highest BCUT2D eigenvalue weighted by molar-refractivity contribution is 5.94. The molecule has 2 amide bonds. The summed E-state index contributed by atoms with van der Waals surface area (Å²) in [7, 11) is 0. The lowest BCUT2D eigenvalue weighted by molar-refractivity contribution is -0.128. The van der Waals surface area contributed by atoms with Gasteiger partial charge >= 0.3 is 0 Å². The van der Waals surface area contributed by atoms with Crippen molar-refractivity contribution in [2.45, 2.75) is 18.9 Å². The SMILES string of the molecule is O=C(N[C@@H](CN1CCCC1=O)c1ccccc1)c1cccnc1. The van der Waals surface area contributed by atoms with E-state index in [0.29, 0.717) is 18.5 Å². The second kappa shape index (κ2) is 7.05. The van der Waals surface area contributed by atoms with Gasteiger partial charge in [0.15, 0.2) is 0 Å². The highest BCUT2D eigenvalue weighted by atomic mass is 16.2. The van der Waals surface area contributed by atoms with Crippen molar-refractivity contribution >= 4 is 11.8 Å². The predicted octanol–water partition coefficient (Wildman–Crippen LogP) is 2.18. The molecule has 5 heteroatoms. The van der Waals surface area contributed by atoms with E-state index >= 15 is 0 Å². The van der Waals surface area contributed by atoms with E-state index in [0.717, 1.165) is 18.5 Å². The number of likely N-dealkylation sites (tertiary alicyclic amines) is 1. The summed E-state index contributed by atoms with van der Waals surface area (Å²) in [6, 6.07) is 13.0. The monoisotopic (exact) mass is 309 g/mol. The summed E-state index contributed by atoms with van der Waals surface area (Å²) in [5, 5.41) is 3.02. The molecule has 23 heavy (non-hydrogen) atoms. The lowest BCUT2D eigenvalue weighted by Gasteiger charge is -2.25. The van der Waals surface area contributed by atoms with E-state index in [1.165, 1.54) is 0 Å². The van der Waals surface area contributed by atoms with Crippen LogP contribution in [0.5, 0.6) is 0 Å². The third kappa shape index (κ3) is 3.74. The average molecular weight is 309 g/mol. The third-order valence-corrected chi connectivity index (χ3v) is 4.01. The van der Waals surface area contributed by atoms with Crippen LogP contribution in [0.25, 0.3) is 0 Å². The Morgan fingerprint density at radius 2 is 2.04 bits per heavy atom. The van der Waals surface area contributed by atoms with Gasteiger partial charge in [-0.1, -0.05) is 30.3 Å². The first kappa shape index (κ1) is 15.2. The summed E-state index contributed by atoms with van der Waals surface area (Å²) < 4.78 is 0. The van der Waals surface area contributed by atoms with Gasteiger partial charge in [-0.3, -0.25) is 14.6 Å². The van der Waals surface area contributed by atoms with Crippen molar-refractivity contribution in [3.63, 3.8) is 0 Å². The molecule has 0 saturated carbocycles. The third-order valence-electron chi connectivity index (χ3n) is 4.01. The van der Waals surface area contributed by atoms with Gasteiger partial charge in [0.2, 0.25) is 5.91 Å². The van der Waals surface area contributed by atoms with Crippen LogP contribution in [-0.4, -0.2) is 34.8 Å². The van der Waals surface area contributed by atoms with Crippen LogP contribution in [0.15, 0.2) is 54.9 Å². The highest BCUT2D eigenvalue weighted by Gasteiger charge is 2.25. The van der Waals surface area contributed by atoms with E-state index < -0.39 is 0 Å². The maximum Gasteiger partial charge on any atom is 0.253 e. The summed E-state index contributed by atoms with van der Waals surface area (Å²) in [4.78, 5) is 30.1. The molecule has 0 unspecified atom stereocenters. The Morgan fingerprint density at radius 3 is 2.70 bits per heavy atom. The Morgan fingerprint density at radius 1 is 1.22 bits per heavy atom. The Bertz CT molecular complexity index is 673. The fourth-order valence-electron chi connectivity index (χ4n) is 2.78. The van der Waals surface area contributed by atoms with Gasteiger partial charge in [-0.2, -0.15) is 0 Å². The Kier molecular flexibility index (Phi) is 4.66. The molecule has 1 aliphatic rings. The molecule has 0 bridgehead atoms. The fourth-order valence-corrected chi connectivity index (χ4v) is 2.78. The Labute approximate surface area is 135 Å². The zero-order chi connectivity index (χ0) is 16.1. The number of hydrogen-bond donors (Lipinski definition) is 1. The smallest absolute Gasteiger partial charge is 0.253 e. The molecule has 5 nitrogen and oxygen atoms in total. The molecule has 1 aromatic carbocycles. The lowest BCUT2D eigenvalue weighted by Crippen LogP contribution is -2.38. The highest BCUT2D eigenvalue weighted by Crippen LogP contribution is 2.19. The normalized spacial score (nSPS) is 15.5. The summed E-state index contributed by atoms with van der Waals surface area (Å²) in [6.45, 7) is 1.25. The number of carbonyl (C=O) groups excluding carboxylic acids is 2. The summed E-state index contributed by atoms with van der Waals surface area (Å²) >= 11 is 0. The number of hydrogen-bond acceptors (Lipinski definition) is 3. The first-order valence-electron chi connectivity index (χ1n) is 7.77. The second-order valence-electron chi connectivity index (χ2n) is 5.62. The zero-order valence-electron chi connectivity index (χ0n) is 12.8. The maximum absolute atomic E-state index is 12.4. The van der Waals surface area contributed by atoms with Crippen molar-refractivity contribution in [3.8, 4) is 0 Å². The maximum atomic E-state index is 12.4. The van der Waals surface area contributed by atoms with Gasteiger partial charge in [0.1, 0.15) is 0 Å². The fraction of sp³-hybridized carbons (Fsp3) is 0.278. The molecule has 0 aliphatic carbocycles. The van der Waals surface area contributed by atoms with Gasteiger partial charge in [0, 0.05) is 31.9 Å². The van der Waals surface area contributed by atoms with Gasteiger partial charge in [-0.15, -0.1) is 0 Å². The van der Waals surface area contributed by atoms with Crippen LogP contribution in [-0.2, 0) is 4.79 Å². The van der Waals surface area contributed by atoms with Gasteiger partial charge < -0.3 is 10.2 Å². The van der Waals surface area contributed by atoms with E-state index in [9.17, 15) is 9.59 Å². The summed E-state index contributed by atoms with van der Waals surface area (Å²) in [5.74, 6) is -0.0276. The van der Waals surface area contributed by atoms with Crippen LogP contribution in [0, 0.1) is 0 Å². The average Bonchev–Trinajstić information content (AvgIpc) is 3.00. The molecule has 0 radical (unpaired) electrons. The second-order valence-corrected chi connectivity index (χ2v) is 5.62. The molecule has 0 spiro atoms. The Hall–Kier alpha value is -2.69.